The third-order valence-corrected chi connectivity index (χ3v) is 5.42. The van der Waals surface area contributed by atoms with Crippen LogP contribution in [0.3, 0.4) is 0 Å². The first-order valence-electron chi connectivity index (χ1n) is 9.28. The van der Waals surface area contributed by atoms with Crippen molar-refractivity contribution in [3.05, 3.63) is 99.3 Å². The van der Waals surface area contributed by atoms with Crippen molar-refractivity contribution in [3.8, 4) is 5.75 Å². The summed E-state index contributed by atoms with van der Waals surface area (Å²) in [7, 11) is 0. The Morgan fingerprint density at radius 2 is 1.76 bits per heavy atom. The molecule has 29 heavy (non-hydrogen) atoms. The number of aryl methyl sites for hydroxylation is 1. The van der Waals surface area contributed by atoms with E-state index in [0.717, 1.165) is 34.3 Å². The van der Waals surface area contributed by atoms with Crippen molar-refractivity contribution >= 4 is 28.7 Å². The Balaban J connectivity index is 2.03. The van der Waals surface area contributed by atoms with Gasteiger partial charge in [-0.3, -0.25) is 0 Å². The van der Waals surface area contributed by atoms with Crippen LogP contribution in [0.4, 0.5) is 4.39 Å². The number of phenols is 1. The van der Waals surface area contributed by atoms with Crippen molar-refractivity contribution in [1.82, 2.24) is 0 Å². The average Bonchev–Trinajstić information content (AvgIpc) is 2.86. The molecule has 0 unspecified atom stereocenters. The second-order valence-corrected chi connectivity index (χ2v) is 7.50. The summed E-state index contributed by atoms with van der Waals surface area (Å²) in [6, 6.07) is 16.5. The summed E-state index contributed by atoms with van der Waals surface area (Å²) in [5.41, 5.74) is 4.79. The number of aromatic hydroxyl groups is 1. The number of allylic oxidation sites excluding steroid dienone is 1. The number of phenolic OH excluding ortho intramolecular Hbond substituents is 1. The highest BCUT2D eigenvalue weighted by Gasteiger charge is 2.23. The number of carboxylic acids is 1. The van der Waals surface area contributed by atoms with Gasteiger partial charge in [0, 0.05) is 10.6 Å². The summed E-state index contributed by atoms with van der Waals surface area (Å²) >= 11 is 5.95. The fourth-order valence-electron chi connectivity index (χ4n) is 3.92. The summed E-state index contributed by atoms with van der Waals surface area (Å²) in [5.74, 6) is -1.28. The second-order valence-electron chi connectivity index (χ2n) is 7.06. The number of aromatic carboxylic acids is 1. The molecule has 0 fully saturated rings. The molecule has 0 heterocycles. The topological polar surface area (TPSA) is 57.5 Å². The van der Waals surface area contributed by atoms with Crippen molar-refractivity contribution in [1.29, 1.82) is 0 Å². The van der Waals surface area contributed by atoms with E-state index in [2.05, 4.69) is 0 Å². The maximum Gasteiger partial charge on any atom is 0.335 e. The maximum atomic E-state index is 14.8. The largest absolute Gasteiger partial charge is 0.508 e. The van der Waals surface area contributed by atoms with Crippen LogP contribution < -0.4 is 0 Å². The Morgan fingerprint density at radius 3 is 2.48 bits per heavy atom. The van der Waals surface area contributed by atoms with Gasteiger partial charge < -0.3 is 10.2 Å². The zero-order chi connectivity index (χ0) is 20.5. The Labute approximate surface area is 172 Å². The molecular weight excluding hydrogens is 391 g/mol. The van der Waals surface area contributed by atoms with E-state index in [1.807, 2.05) is 6.07 Å². The van der Waals surface area contributed by atoms with Gasteiger partial charge in [-0.05, 0) is 83.5 Å². The Bertz CT molecular complexity index is 1150. The molecule has 0 saturated heterocycles. The molecule has 0 aliphatic heterocycles. The highest BCUT2D eigenvalue weighted by molar-refractivity contribution is 6.30. The summed E-state index contributed by atoms with van der Waals surface area (Å²) in [6.45, 7) is 0. The van der Waals surface area contributed by atoms with E-state index in [1.165, 1.54) is 6.07 Å². The molecule has 3 aromatic rings. The number of fused-ring (bicyclic) bond motifs is 1. The minimum atomic E-state index is -0.982. The molecule has 0 bridgehead atoms. The highest BCUT2D eigenvalue weighted by Crippen LogP contribution is 2.41. The van der Waals surface area contributed by atoms with Crippen LogP contribution in [-0.2, 0) is 6.42 Å². The van der Waals surface area contributed by atoms with E-state index < -0.39 is 11.8 Å². The molecular formula is C24H18ClFO3. The van der Waals surface area contributed by atoms with Crippen molar-refractivity contribution in [3.63, 3.8) is 0 Å². The number of carboxylic acid groups (broad SMARTS) is 1. The van der Waals surface area contributed by atoms with E-state index in [9.17, 15) is 19.4 Å². The third kappa shape index (κ3) is 3.76. The molecule has 0 aromatic heterocycles. The molecule has 0 radical (unpaired) electrons. The lowest BCUT2D eigenvalue weighted by molar-refractivity contribution is 0.0696. The highest BCUT2D eigenvalue weighted by atomic mass is 35.5. The van der Waals surface area contributed by atoms with Crippen LogP contribution in [0, 0.1) is 5.82 Å². The lowest BCUT2D eigenvalue weighted by atomic mass is 9.87. The quantitative estimate of drug-likeness (QED) is 0.544. The van der Waals surface area contributed by atoms with Gasteiger partial charge in [0.2, 0.25) is 0 Å². The van der Waals surface area contributed by atoms with Crippen LogP contribution >= 0.6 is 11.6 Å². The van der Waals surface area contributed by atoms with Gasteiger partial charge in [0.15, 0.2) is 0 Å². The Hall–Kier alpha value is -3.11. The third-order valence-electron chi connectivity index (χ3n) is 5.19. The van der Waals surface area contributed by atoms with Gasteiger partial charge in [-0.2, -0.15) is 0 Å². The van der Waals surface area contributed by atoms with E-state index in [4.69, 9.17) is 11.6 Å². The van der Waals surface area contributed by atoms with Crippen LogP contribution in [-0.4, -0.2) is 16.2 Å². The zero-order valence-electron chi connectivity index (χ0n) is 15.5. The van der Waals surface area contributed by atoms with Crippen LogP contribution in [0.25, 0.3) is 11.1 Å². The summed E-state index contributed by atoms with van der Waals surface area (Å²) in [4.78, 5) is 11.4. The number of rotatable bonds is 3. The number of hydrogen-bond acceptors (Lipinski definition) is 2. The standard InChI is InChI=1S/C24H18ClFO3/c25-17-8-10-20(22(26)13-17)21-6-2-3-14-11-16(24(28)29)7-9-19(14)23(21)15-4-1-5-18(27)12-15/h1,4-5,7-13,27H,2-3,6H2,(H,28,29). The van der Waals surface area contributed by atoms with Gasteiger partial charge >= 0.3 is 5.97 Å². The van der Waals surface area contributed by atoms with E-state index in [-0.39, 0.29) is 11.3 Å². The van der Waals surface area contributed by atoms with Crippen LogP contribution in [0.1, 0.15) is 45.5 Å². The molecule has 0 spiro atoms. The zero-order valence-corrected chi connectivity index (χ0v) is 16.2. The van der Waals surface area contributed by atoms with Crippen LogP contribution in [0.15, 0.2) is 60.7 Å². The van der Waals surface area contributed by atoms with Crippen molar-refractivity contribution in [2.45, 2.75) is 19.3 Å². The van der Waals surface area contributed by atoms with Gasteiger partial charge in [0.1, 0.15) is 11.6 Å². The fourth-order valence-corrected chi connectivity index (χ4v) is 4.07. The molecule has 5 heteroatoms. The van der Waals surface area contributed by atoms with E-state index >= 15 is 0 Å². The summed E-state index contributed by atoms with van der Waals surface area (Å²) < 4.78 is 14.8. The van der Waals surface area contributed by atoms with Crippen molar-refractivity contribution in [2.24, 2.45) is 0 Å². The normalized spacial score (nSPS) is 13.7. The first-order chi connectivity index (χ1) is 13.9. The number of carbonyl (C=O) groups is 1. The van der Waals surface area contributed by atoms with E-state index in [0.29, 0.717) is 23.4 Å². The molecule has 0 atom stereocenters. The molecule has 146 valence electrons. The van der Waals surface area contributed by atoms with Crippen LogP contribution in [0.5, 0.6) is 5.75 Å². The molecule has 0 saturated carbocycles. The lowest BCUT2D eigenvalue weighted by Crippen LogP contribution is -2.01. The molecule has 1 aliphatic carbocycles. The Kier molecular flexibility index (Phi) is 5.12. The first kappa shape index (κ1) is 19.2. The minimum Gasteiger partial charge on any atom is -0.508 e. The minimum absolute atomic E-state index is 0.110. The molecule has 3 aromatic carbocycles. The predicted molar refractivity (Wildman–Crippen MR) is 112 cm³/mol. The smallest absolute Gasteiger partial charge is 0.335 e. The second kappa shape index (κ2) is 7.72. The lowest BCUT2D eigenvalue weighted by Gasteiger charge is -2.17. The number of halogens is 2. The predicted octanol–water partition coefficient (Wildman–Crippen LogP) is 6.18. The number of benzene rings is 3. The summed E-state index contributed by atoms with van der Waals surface area (Å²) in [5, 5.41) is 19.7. The average molecular weight is 409 g/mol. The van der Waals surface area contributed by atoms with Crippen molar-refractivity contribution < 1.29 is 19.4 Å². The molecule has 0 amide bonds. The Morgan fingerprint density at radius 1 is 0.966 bits per heavy atom. The van der Waals surface area contributed by atoms with Gasteiger partial charge in [-0.25, -0.2) is 9.18 Å². The van der Waals surface area contributed by atoms with E-state index in [1.54, 1.807) is 48.5 Å². The molecule has 2 N–H and O–H groups in total. The first-order valence-corrected chi connectivity index (χ1v) is 9.66. The summed E-state index contributed by atoms with van der Waals surface area (Å²) in [6.07, 6.45) is 2.04. The molecule has 4 rings (SSSR count). The fraction of sp³-hybridized carbons (Fsp3) is 0.125. The van der Waals surface area contributed by atoms with Gasteiger partial charge in [0.25, 0.3) is 0 Å². The van der Waals surface area contributed by atoms with Crippen molar-refractivity contribution in [2.75, 3.05) is 0 Å². The monoisotopic (exact) mass is 408 g/mol. The molecule has 1 aliphatic rings. The van der Waals surface area contributed by atoms with Gasteiger partial charge in [-0.15, -0.1) is 0 Å². The molecule has 3 nitrogen and oxygen atoms in total. The van der Waals surface area contributed by atoms with Gasteiger partial charge in [-0.1, -0.05) is 35.9 Å². The maximum absolute atomic E-state index is 14.8. The van der Waals surface area contributed by atoms with Gasteiger partial charge in [0.05, 0.1) is 5.56 Å². The number of hydrogen-bond donors (Lipinski definition) is 2. The SMILES string of the molecule is O=C(O)c1ccc2c(c1)CCCC(c1ccc(Cl)cc1F)=C2c1cccc(O)c1. The van der Waals surface area contributed by atoms with Crippen LogP contribution in [0.2, 0.25) is 5.02 Å².